The summed E-state index contributed by atoms with van der Waals surface area (Å²) in [7, 11) is 0. The minimum absolute atomic E-state index is 0.0519. The Bertz CT molecular complexity index is 1200. The van der Waals surface area contributed by atoms with Gasteiger partial charge in [-0.05, 0) is 61.5 Å². The molecule has 2 fully saturated rings. The zero-order chi connectivity index (χ0) is 22.7. The number of aromatic nitrogens is 1. The zero-order valence-electron chi connectivity index (χ0n) is 18.6. The Morgan fingerprint density at radius 3 is 2.82 bits per heavy atom. The minimum Gasteiger partial charge on any atom is -0.356 e. The fourth-order valence-electron chi connectivity index (χ4n) is 6.26. The van der Waals surface area contributed by atoms with Crippen LogP contribution in [0.25, 0.3) is 0 Å². The molecule has 2 aromatic rings. The Hall–Kier alpha value is -2.80. The molecule has 4 aliphatic rings. The van der Waals surface area contributed by atoms with E-state index in [0.29, 0.717) is 57.4 Å². The van der Waals surface area contributed by atoms with Gasteiger partial charge in [-0.15, -0.1) is 0 Å². The van der Waals surface area contributed by atoms with Gasteiger partial charge in [0.25, 0.3) is 5.91 Å². The number of hydrogen-bond acceptors (Lipinski definition) is 5. The number of rotatable bonds is 5. The van der Waals surface area contributed by atoms with Crippen LogP contribution < -0.4 is 10.6 Å². The highest BCUT2D eigenvalue weighted by molar-refractivity contribution is 7.17. The number of thiazole rings is 1. The summed E-state index contributed by atoms with van der Waals surface area (Å²) in [6.45, 7) is 2.62. The van der Waals surface area contributed by atoms with Crippen molar-refractivity contribution in [3.05, 3.63) is 58.1 Å². The smallest absolute Gasteiger partial charge is 0.257 e. The third kappa shape index (κ3) is 3.53. The average Bonchev–Trinajstić information content (AvgIpc) is 3.28. The van der Waals surface area contributed by atoms with Crippen molar-refractivity contribution in [1.82, 2.24) is 10.3 Å². The number of nitrogens with one attached hydrogen (secondary N) is 2. The quantitative estimate of drug-likeness (QED) is 0.655. The van der Waals surface area contributed by atoms with Gasteiger partial charge in [0, 0.05) is 24.9 Å². The van der Waals surface area contributed by atoms with E-state index in [1.807, 2.05) is 25.1 Å². The summed E-state index contributed by atoms with van der Waals surface area (Å²) in [6.07, 6.45) is 9.21. The summed E-state index contributed by atoms with van der Waals surface area (Å²) < 4.78 is 0. The maximum atomic E-state index is 12.9. The molecule has 0 aliphatic heterocycles. The van der Waals surface area contributed by atoms with Crippen LogP contribution in [-0.2, 0) is 11.2 Å². The maximum Gasteiger partial charge on any atom is 0.257 e. The maximum absolute atomic E-state index is 12.9. The van der Waals surface area contributed by atoms with Crippen LogP contribution in [0.15, 0.2) is 36.4 Å². The molecular weight excluding hydrogens is 434 g/mol. The Morgan fingerprint density at radius 2 is 2.06 bits per heavy atom. The average molecular weight is 462 g/mol. The number of ketones is 1. The van der Waals surface area contributed by atoms with E-state index >= 15 is 0 Å². The molecule has 0 radical (unpaired) electrons. The lowest BCUT2D eigenvalue weighted by Gasteiger charge is -2.23. The molecular formula is C26H27N3O3S. The predicted octanol–water partition coefficient (Wildman–Crippen LogP) is 4.17. The zero-order valence-corrected chi connectivity index (χ0v) is 19.4. The van der Waals surface area contributed by atoms with Crippen molar-refractivity contribution >= 4 is 34.1 Å². The van der Waals surface area contributed by atoms with Crippen molar-refractivity contribution < 1.29 is 14.4 Å². The normalized spacial score (nSPS) is 28.1. The van der Waals surface area contributed by atoms with Crippen LogP contribution in [0.3, 0.4) is 0 Å². The SMILES string of the molecule is Cc1cccc(C(=O)Nc2nc3c(s2)C(=O)C[C@@H](C(=O)NC[C@@H]2C[C@H]4C=C[C@H]2C42CC2)C3)c1. The summed E-state index contributed by atoms with van der Waals surface area (Å²) in [4.78, 5) is 43.3. The van der Waals surface area contributed by atoms with E-state index in [1.165, 1.54) is 30.6 Å². The second-order valence-corrected chi connectivity index (χ2v) is 11.1. The molecule has 4 atom stereocenters. The molecule has 6 nitrogen and oxygen atoms in total. The molecule has 0 unspecified atom stereocenters. The fourth-order valence-corrected chi connectivity index (χ4v) is 7.19. The highest BCUT2D eigenvalue weighted by Gasteiger charge is 2.62. The van der Waals surface area contributed by atoms with E-state index in [0.717, 1.165) is 5.56 Å². The molecule has 1 aromatic carbocycles. The first-order valence-electron chi connectivity index (χ1n) is 11.8. The Kier molecular flexibility index (Phi) is 4.80. The number of anilines is 1. The lowest BCUT2D eigenvalue weighted by atomic mass is 9.87. The van der Waals surface area contributed by atoms with Crippen LogP contribution in [0.4, 0.5) is 5.13 Å². The molecule has 0 saturated heterocycles. The molecule has 2 saturated carbocycles. The number of benzene rings is 1. The van der Waals surface area contributed by atoms with Crippen molar-refractivity contribution in [3.8, 4) is 0 Å². The molecule has 2 amide bonds. The summed E-state index contributed by atoms with van der Waals surface area (Å²) in [5.41, 5.74) is 2.69. The van der Waals surface area contributed by atoms with E-state index < -0.39 is 5.92 Å². The largest absolute Gasteiger partial charge is 0.356 e. The number of amides is 2. The van der Waals surface area contributed by atoms with Crippen LogP contribution in [-0.4, -0.2) is 29.1 Å². The van der Waals surface area contributed by atoms with Gasteiger partial charge in [-0.1, -0.05) is 41.2 Å². The molecule has 4 aliphatic carbocycles. The van der Waals surface area contributed by atoms with Gasteiger partial charge in [-0.2, -0.15) is 0 Å². The third-order valence-electron chi connectivity index (χ3n) is 8.08. The number of hydrogen-bond donors (Lipinski definition) is 2. The van der Waals surface area contributed by atoms with Crippen molar-refractivity contribution in [1.29, 1.82) is 0 Å². The molecule has 7 heteroatoms. The molecule has 2 N–H and O–H groups in total. The van der Waals surface area contributed by atoms with Crippen LogP contribution >= 0.6 is 11.3 Å². The van der Waals surface area contributed by atoms with Gasteiger partial charge in [0.15, 0.2) is 10.9 Å². The molecule has 1 spiro atoms. The van der Waals surface area contributed by atoms with Crippen LogP contribution in [0.2, 0.25) is 0 Å². The first-order valence-corrected chi connectivity index (χ1v) is 12.6. The monoisotopic (exact) mass is 461 g/mol. The summed E-state index contributed by atoms with van der Waals surface area (Å²) >= 11 is 1.20. The van der Waals surface area contributed by atoms with Crippen molar-refractivity contribution in [2.45, 2.75) is 39.0 Å². The highest BCUT2D eigenvalue weighted by Crippen LogP contribution is 2.69. The molecule has 170 valence electrons. The number of Topliss-reactive ketones (excluding diaryl/α,β-unsaturated/α-hetero) is 1. The lowest BCUT2D eigenvalue weighted by Crippen LogP contribution is -2.38. The first kappa shape index (κ1) is 20.8. The topological polar surface area (TPSA) is 88.2 Å². The Labute approximate surface area is 196 Å². The summed E-state index contributed by atoms with van der Waals surface area (Å²) in [5, 5.41) is 6.36. The fraction of sp³-hybridized carbons (Fsp3) is 0.462. The standard InChI is InChI=1S/C26H27N3O3S/c1-14-3-2-4-15(9-14)24(32)29-25-28-20-11-16(12-21(30)22(20)33-25)23(31)27-13-17-10-18-5-6-19(17)26(18)7-8-26/h2-6,9,16-19H,7-8,10-13H2,1H3,(H,27,31)(H,28,29,32)/t16-,17-,18+,19+/m0/s1. The minimum atomic E-state index is -0.392. The second-order valence-electron chi connectivity index (χ2n) is 10.1. The predicted molar refractivity (Wildman–Crippen MR) is 126 cm³/mol. The third-order valence-corrected chi connectivity index (χ3v) is 9.13. The lowest BCUT2D eigenvalue weighted by molar-refractivity contribution is -0.125. The number of aryl methyl sites for hydroxylation is 1. The first-order chi connectivity index (χ1) is 15.9. The Morgan fingerprint density at radius 1 is 1.21 bits per heavy atom. The summed E-state index contributed by atoms with van der Waals surface area (Å²) in [6, 6.07) is 7.33. The number of carbonyl (C=O) groups excluding carboxylic acids is 3. The number of allylic oxidation sites excluding steroid dienone is 2. The number of carbonyl (C=O) groups is 3. The van der Waals surface area contributed by atoms with E-state index in [1.54, 1.807) is 6.07 Å². The summed E-state index contributed by atoms with van der Waals surface area (Å²) in [5.74, 6) is 1.07. The Balaban J connectivity index is 1.09. The van der Waals surface area contributed by atoms with Crippen LogP contribution in [0.5, 0.6) is 0 Å². The van der Waals surface area contributed by atoms with E-state index in [9.17, 15) is 14.4 Å². The molecule has 33 heavy (non-hydrogen) atoms. The van der Waals surface area contributed by atoms with Gasteiger partial charge in [-0.3, -0.25) is 19.7 Å². The van der Waals surface area contributed by atoms with Crippen molar-refractivity contribution in [2.24, 2.45) is 29.1 Å². The van der Waals surface area contributed by atoms with Gasteiger partial charge in [0.2, 0.25) is 5.91 Å². The van der Waals surface area contributed by atoms with Gasteiger partial charge < -0.3 is 5.32 Å². The molecule has 2 bridgehead atoms. The molecule has 6 rings (SSSR count). The van der Waals surface area contributed by atoms with Gasteiger partial charge >= 0.3 is 0 Å². The van der Waals surface area contributed by atoms with E-state index in [2.05, 4.69) is 27.8 Å². The van der Waals surface area contributed by atoms with Gasteiger partial charge in [-0.25, -0.2) is 4.98 Å². The van der Waals surface area contributed by atoms with Crippen LogP contribution in [0, 0.1) is 36.0 Å². The van der Waals surface area contributed by atoms with E-state index in [-0.39, 0.29) is 24.0 Å². The van der Waals surface area contributed by atoms with Gasteiger partial charge in [0.1, 0.15) is 0 Å². The van der Waals surface area contributed by atoms with E-state index in [4.69, 9.17) is 0 Å². The van der Waals surface area contributed by atoms with Gasteiger partial charge in [0.05, 0.1) is 16.5 Å². The molecule has 1 aromatic heterocycles. The van der Waals surface area contributed by atoms with Crippen molar-refractivity contribution in [2.75, 3.05) is 11.9 Å². The molecule has 1 heterocycles. The van der Waals surface area contributed by atoms with Crippen molar-refractivity contribution in [3.63, 3.8) is 0 Å². The number of fused-ring (bicyclic) bond motifs is 1. The van der Waals surface area contributed by atoms with Crippen LogP contribution in [0.1, 0.15) is 57.0 Å². The highest BCUT2D eigenvalue weighted by atomic mass is 32.1. The number of nitrogens with zero attached hydrogens (tertiary/aromatic N) is 1. The second kappa shape index (κ2) is 7.62.